The molecule has 0 bridgehead atoms. The molecule has 1 unspecified atom stereocenters. The Bertz CT molecular complexity index is 1410. The maximum absolute atomic E-state index is 15.4. The molecule has 0 saturated heterocycles. The zero-order valence-corrected chi connectivity index (χ0v) is 26.0. The van der Waals surface area contributed by atoms with E-state index in [1.54, 1.807) is 42.5 Å². The quantitative estimate of drug-likeness (QED) is 0.155. The highest BCUT2D eigenvalue weighted by atomic mass is 19.2. The van der Waals surface area contributed by atoms with Crippen molar-refractivity contribution in [2.24, 2.45) is 17.8 Å². The van der Waals surface area contributed by atoms with Crippen molar-refractivity contribution in [1.82, 2.24) is 0 Å². The lowest BCUT2D eigenvalue weighted by Gasteiger charge is -2.35. The minimum atomic E-state index is -0.812. The number of rotatable bonds is 11. The lowest BCUT2D eigenvalue weighted by molar-refractivity contribution is 0.190. The Morgan fingerprint density at radius 3 is 2.09 bits per heavy atom. The number of benzene rings is 3. The topological polar surface area (TPSA) is 0 Å². The van der Waals surface area contributed by atoms with Gasteiger partial charge < -0.3 is 0 Å². The van der Waals surface area contributed by atoms with Gasteiger partial charge in [0.1, 0.15) is 5.82 Å². The maximum atomic E-state index is 15.4. The van der Waals surface area contributed by atoms with Crippen molar-refractivity contribution in [3.8, 4) is 22.3 Å². The summed E-state index contributed by atoms with van der Waals surface area (Å²) in [7, 11) is 0. The molecular formula is C40H47F3. The van der Waals surface area contributed by atoms with Crippen LogP contribution in [0.5, 0.6) is 0 Å². The van der Waals surface area contributed by atoms with E-state index in [2.05, 4.69) is 32.1 Å². The van der Waals surface area contributed by atoms with Crippen LogP contribution in [0.3, 0.4) is 0 Å². The summed E-state index contributed by atoms with van der Waals surface area (Å²) in [5.74, 6) is 0.678. The Morgan fingerprint density at radius 2 is 1.44 bits per heavy atom. The molecule has 1 atom stereocenters. The average Bonchev–Trinajstić information content (AvgIpc) is 3.04. The van der Waals surface area contributed by atoms with E-state index < -0.39 is 11.6 Å². The highest BCUT2D eigenvalue weighted by Gasteiger charge is 2.28. The third-order valence-corrected chi connectivity index (χ3v) is 10.0. The van der Waals surface area contributed by atoms with Gasteiger partial charge in [-0.05, 0) is 116 Å². The van der Waals surface area contributed by atoms with Crippen LogP contribution < -0.4 is 0 Å². The van der Waals surface area contributed by atoms with E-state index >= 15 is 4.39 Å². The maximum Gasteiger partial charge on any atom is 0.166 e. The van der Waals surface area contributed by atoms with Crippen molar-refractivity contribution in [3.63, 3.8) is 0 Å². The van der Waals surface area contributed by atoms with Crippen LogP contribution >= 0.6 is 0 Å². The van der Waals surface area contributed by atoms with Gasteiger partial charge in [-0.2, -0.15) is 0 Å². The summed E-state index contributed by atoms with van der Waals surface area (Å²) in [4.78, 5) is 0. The second-order valence-electron chi connectivity index (χ2n) is 12.8. The summed E-state index contributed by atoms with van der Waals surface area (Å²) in [6.45, 7) is 4.19. The Morgan fingerprint density at radius 1 is 0.744 bits per heavy atom. The molecule has 0 aromatic heterocycles. The number of unbranched alkanes of at least 4 members (excludes halogenated alkanes) is 2. The summed E-state index contributed by atoms with van der Waals surface area (Å²) in [6, 6.07) is 16.0. The van der Waals surface area contributed by atoms with Gasteiger partial charge in [0.2, 0.25) is 0 Å². The number of hydrogen-bond donors (Lipinski definition) is 0. The molecular weight excluding hydrogens is 537 g/mol. The van der Waals surface area contributed by atoms with Crippen molar-refractivity contribution in [1.29, 1.82) is 0 Å². The standard InChI is InChI=1S/C40H47F3/c1-3-5-7-9-28-11-13-29(14-12-28)30-15-17-31(18-16-30)35-24-25-36(38(41)27-35)32-19-21-33(22-20-32)37-26-23-34(10-8-6-4-2)39(42)40(37)43/h3,5,17,19-30H,4,6-16,18H2,1-2H3/b5-3+. The molecule has 0 amide bonds. The molecule has 1 fully saturated rings. The second kappa shape index (κ2) is 15.1. The summed E-state index contributed by atoms with van der Waals surface area (Å²) in [5.41, 5.74) is 4.72. The molecule has 1 saturated carbocycles. The lowest BCUT2D eigenvalue weighted by atomic mass is 9.70. The van der Waals surface area contributed by atoms with E-state index in [9.17, 15) is 8.78 Å². The lowest BCUT2D eigenvalue weighted by Crippen LogP contribution is -2.23. The average molecular weight is 585 g/mol. The van der Waals surface area contributed by atoms with Gasteiger partial charge in [-0.25, -0.2) is 13.2 Å². The fourth-order valence-electron chi connectivity index (χ4n) is 7.34. The predicted molar refractivity (Wildman–Crippen MR) is 175 cm³/mol. The molecule has 0 heterocycles. The monoisotopic (exact) mass is 584 g/mol. The third-order valence-electron chi connectivity index (χ3n) is 10.0. The van der Waals surface area contributed by atoms with Gasteiger partial charge in [0.15, 0.2) is 11.6 Å². The Balaban J connectivity index is 1.20. The van der Waals surface area contributed by atoms with Crippen molar-refractivity contribution in [2.45, 2.75) is 97.3 Å². The minimum Gasteiger partial charge on any atom is -0.206 e. The van der Waals surface area contributed by atoms with Gasteiger partial charge in [-0.3, -0.25) is 0 Å². The molecule has 0 nitrogen and oxygen atoms in total. The van der Waals surface area contributed by atoms with Gasteiger partial charge in [-0.1, -0.05) is 99.4 Å². The number of allylic oxidation sites excluding steroid dienone is 4. The molecule has 0 spiro atoms. The van der Waals surface area contributed by atoms with E-state index in [4.69, 9.17) is 0 Å². The first-order chi connectivity index (χ1) is 21.0. The molecule has 0 aliphatic heterocycles. The molecule has 5 rings (SSSR count). The summed E-state index contributed by atoms with van der Waals surface area (Å²) >= 11 is 0. The fourth-order valence-corrected chi connectivity index (χ4v) is 7.34. The van der Waals surface area contributed by atoms with Crippen molar-refractivity contribution >= 4 is 5.57 Å². The number of aryl methyl sites for hydroxylation is 1. The molecule has 0 radical (unpaired) electrons. The zero-order chi connectivity index (χ0) is 30.2. The van der Waals surface area contributed by atoms with Crippen LogP contribution in [0.15, 0.2) is 72.8 Å². The smallest absolute Gasteiger partial charge is 0.166 e. The highest BCUT2D eigenvalue weighted by Crippen LogP contribution is 2.42. The van der Waals surface area contributed by atoms with E-state index in [0.29, 0.717) is 23.1 Å². The van der Waals surface area contributed by atoms with Gasteiger partial charge in [0.05, 0.1) is 0 Å². The Labute approximate surface area is 257 Å². The first-order valence-electron chi connectivity index (χ1n) is 16.7. The molecule has 2 aliphatic carbocycles. The van der Waals surface area contributed by atoms with Crippen LogP contribution in [0.4, 0.5) is 13.2 Å². The molecule has 43 heavy (non-hydrogen) atoms. The molecule has 3 heteroatoms. The summed E-state index contributed by atoms with van der Waals surface area (Å²) < 4.78 is 45.0. The highest BCUT2D eigenvalue weighted by molar-refractivity contribution is 5.74. The van der Waals surface area contributed by atoms with Crippen molar-refractivity contribution in [2.75, 3.05) is 0 Å². The fraction of sp³-hybridized carbons (Fsp3) is 0.450. The van der Waals surface area contributed by atoms with Crippen molar-refractivity contribution < 1.29 is 13.2 Å². The molecule has 3 aromatic rings. The first-order valence-corrected chi connectivity index (χ1v) is 16.7. The van der Waals surface area contributed by atoms with Crippen LogP contribution in [0, 0.1) is 35.2 Å². The van der Waals surface area contributed by atoms with Crippen molar-refractivity contribution in [3.05, 3.63) is 101 Å². The molecule has 228 valence electrons. The molecule has 3 aromatic carbocycles. The van der Waals surface area contributed by atoms with E-state index in [0.717, 1.165) is 61.0 Å². The third kappa shape index (κ3) is 7.72. The summed E-state index contributed by atoms with van der Waals surface area (Å²) in [6.07, 6.45) is 21.6. The SMILES string of the molecule is C/C=C/CCC1CCC(C2CC=C(c3ccc(-c4ccc(-c5ccc(CCCCC)c(F)c5F)cc4)c(F)c3)CC2)CC1. The van der Waals surface area contributed by atoms with E-state index in [1.165, 1.54) is 50.5 Å². The van der Waals surface area contributed by atoms with Crippen LogP contribution in [0.25, 0.3) is 27.8 Å². The minimum absolute atomic E-state index is 0.235. The Hall–Kier alpha value is -3.07. The van der Waals surface area contributed by atoms with E-state index in [1.807, 2.05) is 12.1 Å². The van der Waals surface area contributed by atoms with Crippen LogP contribution in [-0.2, 0) is 6.42 Å². The van der Waals surface area contributed by atoms with Gasteiger partial charge in [-0.15, -0.1) is 0 Å². The number of hydrogen-bond acceptors (Lipinski definition) is 0. The first kappa shape index (κ1) is 31.4. The Kier molecular flexibility index (Phi) is 11.0. The van der Waals surface area contributed by atoms with Gasteiger partial charge in [0.25, 0.3) is 0 Å². The van der Waals surface area contributed by atoms with Crippen LogP contribution in [0.2, 0.25) is 0 Å². The second-order valence-corrected chi connectivity index (χ2v) is 12.8. The zero-order valence-electron chi connectivity index (χ0n) is 26.0. The van der Waals surface area contributed by atoms with Crippen LogP contribution in [-0.4, -0.2) is 0 Å². The molecule has 0 N–H and O–H groups in total. The summed E-state index contributed by atoms with van der Waals surface area (Å²) in [5, 5.41) is 0. The number of halogens is 3. The van der Waals surface area contributed by atoms with Gasteiger partial charge >= 0.3 is 0 Å². The van der Waals surface area contributed by atoms with E-state index in [-0.39, 0.29) is 11.4 Å². The normalized spacial score (nSPS) is 20.9. The predicted octanol–water partition coefficient (Wildman–Crippen LogP) is 12.5. The van der Waals surface area contributed by atoms with Crippen LogP contribution in [0.1, 0.15) is 102 Å². The molecule has 2 aliphatic rings. The van der Waals surface area contributed by atoms with Gasteiger partial charge in [0, 0.05) is 11.1 Å². The largest absolute Gasteiger partial charge is 0.206 e.